The average molecular weight is 346 g/mol. The third-order valence-electron chi connectivity index (χ3n) is 3.24. The van der Waals surface area contributed by atoms with Gasteiger partial charge in [-0.05, 0) is 35.4 Å². The highest BCUT2D eigenvalue weighted by Crippen LogP contribution is 2.18. The number of ether oxygens (including phenoxy) is 1. The number of para-hydroxylation sites is 1. The first-order valence-corrected chi connectivity index (χ1v) is 7.45. The summed E-state index contributed by atoms with van der Waals surface area (Å²) in [5, 5.41) is 15.4. The fourth-order valence-electron chi connectivity index (χ4n) is 2.00. The van der Waals surface area contributed by atoms with Crippen LogP contribution < -0.4 is 10.6 Å². The number of rotatable bonds is 7. The van der Waals surface area contributed by atoms with E-state index in [4.69, 9.17) is 4.74 Å². The van der Waals surface area contributed by atoms with Crippen LogP contribution in [0.3, 0.4) is 0 Å². The molecule has 2 N–H and O–H groups in total. The van der Waals surface area contributed by atoms with Gasteiger partial charge in [-0.15, -0.1) is 5.10 Å². The van der Waals surface area contributed by atoms with Gasteiger partial charge in [0.2, 0.25) is 5.91 Å². The molecule has 2 amide bonds. The molecule has 0 aliphatic carbocycles. The van der Waals surface area contributed by atoms with E-state index in [1.165, 1.54) is 6.33 Å². The number of nitrogens with one attached hydrogen (secondary N) is 2. The summed E-state index contributed by atoms with van der Waals surface area (Å²) in [4.78, 5) is 35.0. The molecule has 25 heavy (non-hydrogen) atoms. The molecule has 0 saturated carbocycles. The normalized spacial score (nSPS) is 10.2. The van der Waals surface area contributed by atoms with Crippen molar-refractivity contribution in [3.63, 3.8) is 0 Å². The van der Waals surface area contributed by atoms with Crippen LogP contribution in [-0.2, 0) is 25.7 Å². The number of amides is 2. The number of tetrazole rings is 1. The van der Waals surface area contributed by atoms with Crippen molar-refractivity contribution in [2.75, 3.05) is 18.5 Å². The Morgan fingerprint density at radius 1 is 1.16 bits per heavy atom. The lowest BCUT2D eigenvalue weighted by molar-refractivity contribution is -0.149. The van der Waals surface area contributed by atoms with Gasteiger partial charge in [0, 0.05) is 5.69 Å². The molecule has 10 heteroatoms. The van der Waals surface area contributed by atoms with E-state index in [2.05, 4.69) is 26.2 Å². The van der Waals surface area contributed by atoms with E-state index in [-0.39, 0.29) is 19.0 Å². The second-order valence-electron chi connectivity index (χ2n) is 5.26. The van der Waals surface area contributed by atoms with Gasteiger partial charge in [0.25, 0.3) is 5.91 Å². The Balaban J connectivity index is 1.70. The summed E-state index contributed by atoms with van der Waals surface area (Å²) >= 11 is 0. The molecule has 0 atom stereocenters. The van der Waals surface area contributed by atoms with Crippen molar-refractivity contribution in [2.45, 2.75) is 20.4 Å². The summed E-state index contributed by atoms with van der Waals surface area (Å²) in [7, 11) is 0. The summed E-state index contributed by atoms with van der Waals surface area (Å²) in [6, 6.07) is 5.66. The summed E-state index contributed by atoms with van der Waals surface area (Å²) in [6.07, 6.45) is 1.25. The van der Waals surface area contributed by atoms with Crippen LogP contribution in [-0.4, -0.2) is 51.1 Å². The van der Waals surface area contributed by atoms with Crippen molar-refractivity contribution in [1.29, 1.82) is 0 Å². The minimum absolute atomic E-state index is 0.201. The first-order valence-electron chi connectivity index (χ1n) is 7.45. The third kappa shape index (κ3) is 5.68. The smallest absolute Gasteiger partial charge is 0.328 e. The lowest BCUT2D eigenvalue weighted by Crippen LogP contribution is -2.36. The molecule has 0 fully saturated rings. The Morgan fingerprint density at radius 3 is 2.52 bits per heavy atom. The standard InChI is InChI=1S/C15H18N6O4/c1-10-4-3-5-11(2)15(10)18-12(22)6-16-13(23)8-25-14(24)7-21-9-17-19-20-21/h3-5,9H,6-8H2,1-2H3,(H,16,23)(H,18,22). The molecule has 0 radical (unpaired) electrons. The number of esters is 1. The monoisotopic (exact) mass is 346 g/mol. The Bertz CT molecular complexity index is 739. The van der Waals surface area contributed by atoms with Gasteiger partial charge >= 0.3 is 5.97 Å². The number of nitrogens with zero attached hydrogens (tertiary/aromatic N) is 4. The van der Waals surface area contributed by atoms with E-state index < -0.39 is 18.5 Å². The average Bonchev–Trinajstić information content (AvgIpc) is 3.07. The quantitative estimate of drug-likeness (QED) is 0.652. The molecule has 0 saturated heterocycles. The predicted molar refractivity (Wildman–Crippen MR) is 86.3 cm³/mol. The van der Waals surface area contributed by atoms with Gasteiger partial charge in [0.05, 0.1) is 6.54 Å². The Kier molecular flexibility index (Phi) is 6.15. The van der Waals surface area contributed by atoms with Crippen molar-refractivity contribution >= 4 is 23.5 Å². The number of hydrogen-bond acceptors (Lipinski definition) is 7. The van der Waals surface area contributed by atoms with Gasteiger partial charge in [0.15, 0.2) is 6.61 Å². The third-order valence-corrected chi connectivity index (χ3v) is 3.24. The first kappa shape index (κ1) is 18.0. The van der Waals surface area contributed by atoms with Crippen molar-refractivity contribution in [2.24, 2.45) is 0 Å². The maximum absolute atomic E-state index is 11.9. The van der Waals surface area contributed by atoms with Gasteiger partial charge in [0.1, 0.15) is 12.9 Å². The maximum Gasteiger partial charge on any atom is 0.328 e. The highest BCUT2D eigenvalue weighted by Gasteiger charge is 2.11. The Hall–Kier alpha value is -3.30. The largest absolute Gasteiger partial charge is 0.454 e. The number of anilines is 1. The molecule has 0 spiro atoms. The zero-order chi connectivity index (χ0) is 18.2. The summed E-state index contributed by atoms with van der Waals surface area (Å²) in [5.41, 5.74) is 2.57. The molecule has 0 aliphatic rings. The molecule has 1 heterocycles. The molecule has 132 valence electrons. The molecular formula is C15H18N6O4. The van der Waals surface area contributed by atoms with Crippen molar-refractivity contribution in [3.05, 3.63) is 35.7 Å². The minimum Gasteiger partial charge on any atom is -0.454 e. The lowest BCUT2D eigenvalue weighted by atomic mass is 10.1. The van der Waals surface area contributed by atoms with Crippen LogP contribution in [0.15, 0.2) is 24.5 Å². The number of hydrogen-bond donors (Lipinski definition) is 2. The number of benzene rings is 1. The second-order valence-corrected chi connectivity index (χ2v) is 5.26. The first-order chi connectivity index (χ1) is 12.0. The lowest BCUT2D eigenvalue weighted by Gasteiger charge is -2.12. The maximum atomic E-state index is 11.9. The zero-order valence-electron chi connectivity index (χ0n) is 13.9. The molecule has 0 unspecified atom stereocenters. The molecule has 0 bridgehead atoms. The minimum atomic E-state index is -0.664. The van der Waals surface area contributed by atoms with Gasteiger partial charge in [-0.1, -0.05) is 18.2 Å². The molecule has 2 aromatic rings. The van der Waals surface area contributed by atoms with Gasteiger partial charge < -0.3 is 15.4 Å². The predicted octanol–water partition coefficient (Wildman–Crippen LogP) is -0.412. The molecule has 1 aromatic carbocycles. The van der Waals surface area contributed by atoms with E-state index in [1.54, 1.807) is 0 Å². The molecule has 1 aromatic heterocycles. The van der Waals surface area contributed by atoms with Crippen LogP contribution in [0, 0.1) is 13.8 Å². The molecule has 2 rings (SSSR count). The Labute approximate surface area is 143 Å². The van der Waals surface area contributed by atoms with Gasteiger partial charge in [-0.3, -0.25) is 14.4 Å². The molecular weight excluding hydrogens is 328 g/mol. The summed E-state index contributed by atoms with van der Waals surface area (Å²) in [6.45, 7) is 2.85. The molecule has 0 aliphatic heterocycles. The fraction of sp³-hybridized carbons (Fsp3) is 0.333. The topological polar surface area (TPSA) is 128 Å². The van der Waals surface area contributed by atoms with E-state index in [1.807, 2.05) is 32.0 Å². The number of carbonyl (C=O) groups excluding carboxylic acids is 3. The van der Waals surface area contributed by atoms with E-state index in [0.717, 1.165) is 21.5 Å². The number of aromatic nitrogens is 4. The van der Waals surface area contributed by atoms with Crippen LogP contribution in [0.5, 0.6) is 0 Å². The van der Waals surface area contributed by atoms with Crippen molar-refractivity contribution < 1.29 is 19.1 Å². The van der Waals surface area contributed by atoms with Gasteiger partial charge in [-0.2, -0.15) is 0 Å². The SMILES string of the molecule is Cc1cccc(C)c1NC(=O)CNC(=O)COC(=O)Cn1cnnn1. The van der Waals surface area contributed by atoms with E-state index in [0.29, 0.717) is 0 Å². The van der Waals surface area contributed by atoms with Gasteiger partial charge in [-0.25, -0.2) is 4.68 Å². The number of aryl methyl sites for hydroxylation is 2. The second kappa shape index (κ2) is 8.52. The molecule has 10 nitrogen and oxygen atoms in total. The van der Waals surface area contributed by atoms with Crippen molar-refractivity contribution in [1.82, 2.24) is 25.5 Å². The van der Waals surface area contributed by atoms with E-state index >= 15 is 0 Å². The van der Waals surface area contributed by atoms with E-state index in [9.17, 15) is 14.4 Å². The van der Waals surface area contributed by atoms with Crippen molar-refractivity contribution in [3.8, 4) is 0 Å². The summed E-state index contributed by atoms with van der Waals surface area (Å²) < 4.78 is 5.93. The fourth-order valence-corrected chi connectivity index (χ4v) is 2.00. The zero-order valence-corrected chi connectivity index (χ0v) is 13.9. The number of carbonyl (C=O) groups is 3. The highest BCUT2D eigenvalue weighted by molar-refractivity contribution is 5.96. The Morgan fingerprint density at radius 2 is 1.88 bits per heavy atom. The summed E-state index contributed by atoms with van der Waals surface area (Å²) in [5.74, 6) is -1.62. The van der Waals surface area contributed by atoms with Crippen LogP contribution in [0.1, 0.15) is 11.1 Å². The van der Waals surface area contributed by atoms with Crippen LogP contribution in [0.4, 0.5) is 5.69 Å². The van der Waals surface area contributed by atoms with Crippen LogP contribution in [0.2, 0.25) is 0 Å². The van der Waals surface area contributed by atoms with Crippen LogP contribution >= 0.6 is 0 Å². The van der Waals surface area contributed by atoms with Crippen LogP contribution in [0.25, 0.3) is 0 Å². The highest BCUT2D eigenvalue weighted by atomic mass is 16.5.